The van der Waals surface area contributed by atoms with Crippen LogP contribution in [0, 0.1) is 0 Å². The van der Waals surface area contributed by atoms with Crippen LogP contribution in [-0.4, -0.2) is 41.0 Å². The third-order valence-corrected chi connectivity index (χ3v) is 8.68. The molecule has 0 aliphatic carbocycles. The molecule has 6 rings (SSSR count). The average molecular weight is 556 g/mol. The molecule has 196 valence electrons. The number of anilines is 1. The fourth-order valence-electron chi connectivity index (χ4n) is 4.61. The topological polar surface area (TPSA) is 109 Å². The van der Waals surface area contributed by atoms with Crippen LogP contribution in [0.2, 0.25) is 0 Å². The lowest BCUT2D eigenvalue weighted by Crippen LogP contribution is -2.26. The minimum atomic E-state index is -3.64. The van der Waals surface area contributed by atoms with Crippen molar-refractivity contribution >= 4 is 42.9 Å². The molecule has 0 aliphatic heterocycles. The largest absolute Gasteiger partial charge is 0.508 e. The molecule has 0 saturated heterocycles. The Morgan fingerprint density at radius 1 is 0.923 bits per heavy atom. The highest BCUT2D eigenvalue weighted by Crippen LogP contribution is 2.35. The Balaban J connectivity index is 1.15. The van der Waals surface area contributed by atoms with Gasteiger partial charge in [-0.25, -0.2) is 23.1 Å². The van der Waals surface area contributed by atoms with E-state index >= 15 is 0 Å². The summed E-state index contributed by atoms with van der Waals surface area (Å²) in [6, 6.07) is 23.7. The number of nitrogens with zero attached hydrogens (tertiary/aromatic N) is 3. The van der Waals surface area contributed by atoms with Crippen LogP contribution in [0.4, 0.5) is 5.82 Å². The first-order chi connectivity index (χ1) is 19.0. The molecule has 0 bridgehead atoms. The van der Waals surface area contributed by atoms with E-state index in [9.17, 15) is 13.5 Å². The van der Waals surface area contributed by atoms with Crippen LogP contribution in [0.25, 0.3) is 38.2 Å². The first kappa shape index (κ1) is 25.1. The fraction of sp³-hybridized carbons (Fsp3) is 0.103. The van der Waals surface area contributed by atoms with Crippen molar-refractivity contribution in [1.29, 1.82) is 0 Å². The van der Waals surface area contributed by atoms with Gasteiger partial charge in [0.15, 0.2) is 4.96 Å². The average Bonchev–Trinajstić information content (AvgIpc) is 3.54. The summed E-state index contributed by atoms with van der Waals surface area (Å²) in [7, 11) is -3.64. The lowest BCUT2D eigenvalue weighted by Gasteiger charge is -2.11. The number of rotatable bonds is 9. The zero-order chi connectivity index (χ0) is 26.8. The fourth-order valence-corrected chi connectivity index (χ4v) is 6.63. The SMILES string of the molecule is O=S(=O)(NCCCNc1cc(-c2c(-c3cccc(O)c3)nc3sccn23)ccn1)c1cccc2ccccc12. The van der Waals surface area contributed by atoms with E-state index < -0.39 is 10.0 Å². The zero-order valence-corrected chi connectivity index (χ0v) is 22.4. The normalized spacial score (nSPS) is 11.8. The van der Waals surface area contributed by atoms with Gasteiger partial charge in [0.2, 0.25) is 10.0 Å². The highest BCUT2D eigenvalue weighted by Gasteiger charge is 2.18. The number of pyridine rings is 1. The van der Waals surface area contributed by atoms with Gasteiger partial charge in [0.1, 0.15) is 11.6 Å². The number of thiazole rings is 1. The number of sulfonamides is 1. The predicted molar refractivity (Wildman–Crippen MR) is 156 cm³/mol. The number of benzene rings is 3. The van der Waals surface area contributed by atoms with Crippen molar-refractivity contribution in [2.45, 2.75) is 11.3 Å². The van der Waals surface area contributed by atoms with Crippen LogP contribution in [0.15, 0.2) is 102 Å². The van der Waals surface area contributed by atoms with E-state index in [1.807, 2.05) is 64.5 Å². The molecular formula is C29H25N5O3S2. The van der Waals surface area contributed by atoms with Crippen LogP contribution in [0.5, 0.6) is 5.75 Å². The van der Waals surface area contributed by atoms with Crippen molar-refractivity contribution in [2.75, 3.05) is 18.4 Å². The lowest BCUT2D eigenvalue weighted by atomic mass is 10.1. The number of imidazole rings is 1. The maximum Gasteiger partial charge on any atom is 0.241 e. The Hall–Kier alpha value is -4.25. The van der Waals surface area contributed by atoms with Gasteiger partial charge in [-0.15, -0.1) is 11.3 Å². The van der Waals surface area contributed by atoms with Gasteiger partial charge < -0.3 is 10.4 Å². The van der Waals surface area contributed by atoms with Gasteiger partial charge in [0, 0.05) is 47.4 Å². The molecule has 0 aliphatic rings. The third kappa shape index (κ3) is 5.09. The maximum absolute atomic E-state index is 12.9. The van der Waals surface area contributed by atoms with E-state index in [2.05, 4.69) is 15.0 Å². The van der Waals surface area contributed by atoms with Gasteiger partial charge in [0.05, 0.1) is 16.3 Å². The smallest absolute Gasteiger partial charge is 0.241 e. The highest BCUT2D eigenvalue weighted by molar-refractivity contribution is 7.89. The van der Waals surface area contributed by atoms with E-state index in [-0.39, 0.29) is 17.2 Å². The number of nitrogens with one attached hydrogen (secondary N) is 2. The molecule has 0 atom stereocenters. The Kier molecular flexibility index (Phi) is 6.74. The van der Waals surface area contributed by atoms with Crippen molar-refractivity contribution in [1.82, 2.24) is 19.1 Å². The second-order valence-corrected chi connectivity index (χ2v) is 11.6. The Morgan fingerprint density at radius 2 is 1.77 bits per heavy atom. The van der Waals surface area contributed by atoms with Crippen LogP contribution in [0.1, 0.15) is 6.42 Å². The summed E-state index contributed by atoms with van der Waals surface area (Å²) in [6.45, 7) is 0.826. The van der Waals surface area contributed by atoms with Gasteiger partial charge in [-0.05, 0) is 42.1 Å². The molecular weight excluding hydrogens is 530 g/mol. The zero-order valence-electron chi connectivity index (χ0n) is 20.8. The minimum Gasteiger partial charge on any atom is -0.508 e. The van der Waals surface area contributed by atoms with Gasteiger partial charge in [-0.2, -0.15) is 0 Å². The van der Waals surface area contributed by atoms with Gasteiger partial charge in [0.25, 0.3) is 0 Å². The molecule has 6 aromatic rings. The highest BCUT2D eigenvalue weighted by atomic mass is 32.2. The van der Waals surface area contributed by atoms with Crippen molar-refractivity contribution in [3.8, 4) is 28.3 Å². The standard InChI is InChI=1S/C29H25N5O3S2/c35-23-9-3-8-21(18-23)27-28(34-16-17-38-29(34)33-27)22-12-15-31-26(19-22)30-13-5-14-32-39(36,37)25-11-4-7-20-6-1-2-10-24(20)25/h1-4,6-12,15-19,32,35H,5,13-14H2,(H,30,31). The van der Waals surface area contributed by atoms with Crippen LogP contribution >= 0.6 is 11.3 Å². The molecule has 0 fully saturated rings. The van der Waals surface area contributed by atoms with Crippen LogP contribution in [-0.2, 0) is 10.0 Å². The van der Waals surface area contributed by atoms with E-state index in [1.165, 1.54) is 0 Å². The molecule has 0 spiro atoms. The molecule has 0 unspecified atom stereocenters. The summed E-state index contributed by atoms with van der Waals surface area (Å²) in [4.78, 5) is 10.4. The molecule has 8 nitrogen and oxygen atoms in total. The number of phenols is 1. The molecule has 0 radical (unpaired) electrons. The molecule has 10 heteroatoms. The van der Waals surface area contributed by atoms with Gasteiger partial charge in [-0.1, -0.05) is 48.5 Å². The summed E-state index contributed by atoms with van der Waals surface area (Å²) in [6.07, 6.45) is 4.29. The Labute approximate surface area is 229 Å². The van der Waals surface area contributed by atoms with Gasteiger partial charge in [-0.3, -0.25) is 4.40 Å². The summed E-state index contributed by atoms with van der Waals surface area (Å²) < 4.78 is 30.6. The number of aromatic hydroxyl groups is 1. The summed E-state index contributed by atoms with van der Waals surface area (Å²) in [5.74, 6) is 0.861. The van der Waals surface area contributed by atoms with E-state index in [4.69, 9.17) is 4.98 Å². The second-order valence-electron chi connectivity index (χ2n) is 9.00. The first-order valence-electron chi connectivity index (χ1n) is 12.4. The first-order valence-corrected chi connectivity index (χ1v) is 14.8. The van der Waals surface area contributed by atoms with Crippen molar-refractivity contribution in [3.05, 3.63) is 96.6 Å². The number of aromatic nitrogens is 3. The monoisotopic (exact) mass is 555 g/mol. The minimum absolute atomic E-state index is 0.183. The Morgan fingerprint density at radius 3 is 2.67 bits per heavy atom. The van der Waals surface area contributed by atoms with Crippen molar-refractivity contribution in [2.24, 2.45) is 0 Å². The molecule has 0 amide bonds. The quantitative estimate of drug-likeness (QED) is 0.196. The molecule has 3 heterocycles. The molecule has 0 saturated carbocycles. The van der Waals surface area contributed by atoms with E-state index in [0.717, 1.165) is 32.9 Å². The number of fused-ring (bicyclic) bond motifs is 2. The molecule has 39 heavy (non-hydrogen) atoms. The summed E-state index contributed by atoms with van der Waals surface area (Å²) >= 11 is 1.54. The number of hydrogen-bond acceptors (Lipinski definition) is 7. The Bertz CT molecular complexity index is 1890. The number of hydrogen-bond donors (Lipinski definition) is 3. The van der Waals surface area contributed by atoms with Crippen molar-refractivity contribution in [3.63, 3.8) is 0 Å². The van der Waals surface area contributed by atoms with E-state index in [0.29, 0.717) is 24.2 Å². The maximum atomic E-state index is 12.9. The molecule has 3 N–H and O–H groups in total. The predicted octanol–water partition coefficient (Wildman–Crippen LogP) is 5.76. The van der Waals surface area contributed by atoms with E-state index in [1.54, 1.807) is 47.9 Å². The van der Waals surface area contributed by atoms with Crippen LogP contribution < -0.4 is 10.0 Å². The van der Waals surface area contributed by atoms with Crippen LogP contribution in [0.3, 0.4) is 0 Å². The van der Waals surface area contributed by atoms with Gasteiger partial charge >= 0.3 is 0 Å². The second kappa shape index (κ2) is 10.5. The summed E-state index contributed by atoms with van der Waals surface area (Å²) in [5.41, 5.74) is 3.43. The number of phenolic OH excluding ortho intramolecular Hbond substituents is 1. The van der Waals surface area contributed by atoms with Crippen molar-refractivity contribution < 1.29 is 13.5 Å². The third-order valence-electron chi connectivity index (χ3n) is 6.41. The summed E-state index contributed by atoms with van der Waals surface area (Å²) in [5, 5.41) is 16.9. The molecule has 3 aromatic carbocycles. The molecule has 3 aromatic heterocycles. The lowest BCUT2D eigenvalue weighted by molar-refractivity contribution is 0.475.